The highest BCUT2D eigenvalue weighted by atomic mass is 16.6. The third-order valence-corrected chi connectivity index (χ3v) is 4.85. The molecule has 0 aromatic heterocycles. The van der Waals surface area contributed by atoms with Gasteiger partial charge in [-0.2, -0.15) is 0 Å². The summed E-state index contributed by atoms with van der Waals surface area (Å²) >= 11 is 0. The molecule has 1 unspecified atom stereocenters. The minimum absolute atomic E-state index is 0.165. The Labute approximate surface area is 180 Å². The van der Waals surface area contributed by atoms with Crippen LogP contribution < -0.4 is 4.74 Å². The molecule has 170 valence electrons. The van der Waals surface area contributed by atoms with Crippen molar-refractivity contribution in [3.63, 3.8) is 0 Å². The van der Waals surface area contributed by atoms with E-state index in [4.69, 9.17) is 14.2 Å². The molecule has 0 aliphatic rings. The van der Waals surface area contributed by atoms with Gasteiger partial charge >= 0.3 is 12.1 Å². The normalized spacial score (nSPS) is 12.1. The number of carbonyl (C=O) groups is 2. The van der Waals surface area contributed by atoms with E-state index in [0.717, 1.165) is 18.4 Å². The summed E-state index contributed by atoms with van der Waals surface area (Å²) < 4.78 is 16.4. The van der Waals surface area contributed by atoms with Crippen LogP contribution in [0.15, 0.2) is 24.3 Å². The first-order valence-electron chi connectivity index (χ1n) is 10.8. The quantitative estimate of drug-likeness (QED) is 0.478. The molecule has 0 spiro atoms. The summed E-state index contributed by atoms with van der Waals surface area (Å²) in [6, 6.07) is 7.27. The molecule has 7 heteroatoms. The lowest BCUT2D eigenvalue weighted by Crippen LogP contribution is -2.39. The van der Waals surface area contributed by atoms with Crippen LogP contribution in [0.25, 0.3) is 0 Å². The van der Waals surface area contributed by atoms with Crippen molar-refractivity contribution in [2.75, 3.05) is 26.3 Å². The predicted octanol–water partition coefficient (Wildman–Crippen LogP) is 4.38. The number of hydrogen-bond acceptors (Lipinski definition) is 5. The third kappa shape index (κ3) is 9.48. The van der Waals surface area contributed by atoms with Gasteiger partial charge in [0.25, 0.3) is 0 Å². The maximum atomic E-state index is 12.4. The van der Waals surface area contributed by atoms with E-state index in [0.29, 0.717) is 44.4 Å². The fourth-order valence-corrected chi connectivity index (χ4v) is 3.02. The highest BCUT2D eigenvalue weighted by Crippen LogP contribution is 2.16. The predicted molar refractivity (Wildman–Crippen MR) is 116 cm³/mol. The van der Waals surface area contributed by atoms with Crippen molar-refractivity contribution >= 4 is 12.1 Å². The topological polar surface area (TPSA) is 85.3 Å². The van der Waals surface area contributed by atoms with Crippen molar-refractivity contribution in [2.24, 2.45) is 5.92 Å². The van der Waals surface area contributed by atoms with E-state index in [-0.39, 0.29) is 12.2 Å². The molecule has 30 heavy (non-hydrogen) atoms. The lowest BCUT2D eigenvalue weighted by atomic mass is 10.0. The summed E-state index contributed by atoms with van der Waals surface area (Å²) in [4.78, 5) is 25.3. The maximum Gasteiger partial charge on any atom is 0.410 e. The second-order valence-electron chi connectivity index (χ2n) is 7.54. The van der Waals surface area contributed by atoms with Crippen molar-refractivity contribution in [3.8, 4) is 5.75 Å². The van der Waals surface area contributed by atoms with Crippen LogP contribution in [0.1, 0.15) is 53.0 Å². The van der Waals surface area contributed by atoms with Gasteiger partial charge in [0.1, 0.15) is 12.4 Å². The molecule has 7 nitrogen and oxygen atoms in total. The zero-order valence-electron chi connectivity index (χ0n) is 18.9. The van der Waals surface area contributed by atoms with Crippen LogP contribution in [0.5, 0.6) is 5.75 Å². The first-order chi connectivity index (χ1) is 14.3. The van der Waals surface area contributed by atoms with Gasteiger partial charge in [-0.25, -0.2) is 9.59 Å². The fraction of sp³-hybridized carbons (Fsp3) is 0.652. The Kier molecular flexibility index (Phi) is 11.9. The van der Waals surface area contributed by atoms with Crippen LogP contribution >= 0.6 is 0 Å². The number of rotatable bonds is 14. The average molecular weight is 424 g/mol. The molecule has 1 aromatic carbocycles. The Balaban J connectivity index is 2.62. The Morgan fingerprint density at radius 3 is 2.20 bits per heavy atom. The van der Waals surface area contributed by atoms with Crippen LogP contribution in [0.4, 0.5) is 4.79 Å². The Bertz CT molecular complexity index is 627. The lowest BCUT2D eigenvalue weighted by molar-refractivity contribution is -0.149. The third-order valence-electron chi connectivity index (χ3n) is 4.85. The molecular weight excluding hydrogens is 386 g/mol. The van der Waals surface area contributed by atoms with Crippen LogP contribution in [0, 0.1) is 5.92 Å². The van der Waals surface area contributed by atoms with E-state index < -0.39 is 12.1 Å². The van der Waals surface area contributed by atoms with Gasteiger partial charge in [0, 0.05) is 19.6 Å². The van der Waals surface area contributed by atoms with Crippen LogP contribution in [-0.4, -0.2) is 60.6 Å². The maximum absolute atomic E-state index is 12.4. The highest BCUT2D eigenvalue weighted by Gasteiger charge is 2.20. The smallest absolute Gasteiger partial charge is 0.410 e. The lowest BCUT2D eigenvalue weighted by Gasteiger charge is -2.27. The van der Waals surface area contributed by atoms with E-state index in [1.54, 1.807) is 24.0 Å². The summed E-state index contributed by atoms with van der Waals surface area (Å²) in [5, 5.41) is 9.19. The van der Waals surface area contributed by atoms with Crippen molar-refractivity contribution in [2.45, 2.75) is 66.1 Å². The number of carboxylic acid groups (broad SMARTS) is 1. The van der Waals surface area contributed by atoms with Gasteiger partial charge < -0.3 is 24.2 Å². The van der Waals surface area contributed by atoms with Crippen LogP contribution in [-0.2, 0) is 20.7 Å². The van der Waals surface area contributed by atoms with E-state index >= 15 is 0 Å². The standard InChI is InChI=1S/C23H37NO6/c1-6-18(7-2)16-24(23(27)30-17(4)5)13-14-29-20-11-9-19(10-12-20)15-21(22(25)26)28-8-3/h9-12,17-18,21H,6-8,13-16H2,1-5H3,(H,25,26). The molecule has 0 saturated carbocycles. The van der Waals surface area contributed by atoms with E-state index in [1.807, 2.05) is 26.0 Å². The van der Waals surface area contributed by atoms with Crippen molar-refractivity contribution < 1.29 is 28.9 Å². The number of aliphatic carboxylic acids is 1. The zero-order valence-corrected chi connectivity index (χ0v) is 18.9. The second kappa shape index (κ2) is 13.9. The van der Waals surface area contributed by atoms with Gasteiger partial charge in [-0.05, 0) is 44.4 Å². The number of carbonyl (C=O) groups excluding carboxylic acids is 1. The number of ether oxygens (including phenoxy) is 3. The minimum Gasteiger partial charge on any atom is -0.492 e. The average Bonchev–Trinajstić information content (AvgIpc) is 2.70. The summed E-state index contributed by atoms with van der Waals surface area (Å²) in [7, 11) is 0. The SMILES string of the molecule is CCOC(Cc1ccc(OCCN(CC(CC)CC)C(=O)OC(C)C)cc1)C(=O)O. The molecule has 1 N–H and O–H groups in total. The van der Waals surface area contributed by atoms with Crippen LogP contribution in [0.2, 0.25) is 0 Å². The number of nitrogens with zero attached hydrogens (tertiary/aromatic N) is 1. The molecule has 1 atom stereocenters. The van der Waals surface area contributed by atoms with Crippen molar-refractivity contribution in [1.82, 2.24) is 4.90 Å². The molecule has 0 saturated heterocycles. The molecule has 0 aliphatic carbocycles. The van der Waals surface area contributed by atoms with Gasteiger partial charge in [0.15, 0.2) is 6.10 Å². The van der Waals surface area contributed by atoms with Crippen molar-refractivity contribution in [1.29, 1.82) is 0 Å². The number of benzene rings is 1. The Hall–Kier alpha value is -2.28. The van der Waals surface area contributed by atoms with E-state index in [2.05, 4.69) is 13.8 Å². The number of hydrogen-bond donors (Lipinski definition) is 1. The molecule has 0 heterocycles. The highest BCUT2D eigenvalue weighted by molar-refractivity contribution is 5.72. The molecule has 0 bridgehead atoms. The Morgan fingerprint density at radius 2 is 1.70 bits per heavy atom. The second-order valence-corrected chi connectivity index (χ2v) is 7.54. The monoisotopic (exact) mass is 423 g/mol. The molecular formula is C23H37NO6. The first-order valence-corrected chi connectivity index (χ1v) is 10.8. The largest absolute Gasteiger partial charge is 0.492 e. The summed E-state index contributed by atoms with van der Waals surface area (Å²) in [6.07, 6.45) is 0.973. The van der Waals surface area contributed by atoms with Crippen LogP contribution in [0.3, 0.4) is 0 Å². The van der Waals surface area contributed by atoms with Gasteiger partial charge in [0.2, 0.25) is 0 Å². The summed E-state index contributed by atoms with van der Waals surface area (Å²) in [6.45, 7) is 11.5. The number of carboxylic acids is 1. The molecule has 1 amide bonds. The molecule has 0 aliphatic heterocycles. The number of amides is 1. The fourth-order valence-electron chi connectivity index (χ4n) is 3.02. The van der Waals surface area contributed by atoms with Gasteiger partial charge in [-0.3, -0.25) is 0 Å². The zero-order chi connectivity index (χ0) is 22.5. The molecule has 1 aromatic rings. The summed E-state index contributed by atoms with van der Waals surface area (Å²) in [5.41, 5.74) is 0.860. The van der Waals surface area contributed by atoms with E-state index in [9.17, 15) is 14.7 Å². The first kappa shape index (κ1) is 25.8. The summed E-state index contributed by atoms with van der Waals surface area (Å²) in [5.74, 6) is 0.126. The Morgan fingerprint density at radius 1 is 1.07 bits per heavy atom. The minimum atomic E-state index is -0.969. The van der Waals surface area contributed by atoms with Gasteiger partial charge in [0.05, 0.1) is 12.6 Å². The molecule has 1 rings (SSSR count). The molecule has 0 fully saturated rings. The van der Waals surface area contributed by atoms with Gasteiger partial charge in [-0.15, -0.1) is 0 Å². The van der Waals surface area contributed by atoms with E-state index in [1.165, 1.54) is 0 Å². The van der Waals surface area contributed by atoms with Gasteiger partial charge in [-0.1, -0.05) is 38.8 Å². The van der Waals surface area contributed by atoms with Crippen molar-refractivity contribution in [3.05, 3.63) is 29.8 Å². The molecule has 0 radical (unpaired) electrons.